The highest BCUT2D eigenvalue weighted by Crippen LogP contribution is 2.33. The Morgan fingerprint density at radius 3 is 2.04 bits per heavy atom. The van der Waals surface area contributed by atoms with Crippen molar-refractivity contribution in [2.24, 2.45) is 0 Å². The summed E-state index contributed by atoms with van der Waals surface area (Å²) in [5.74, 6) is 1.29. The zero-order chi connectivity index (χ0) is 16.6. The molecule has 6 nitrogen and oxygen atoms in total. The SMILES string of the molecule is Cc1ccc(Oc2cc3[nH]c(=O)c(=O)[nH]c3cc2N(C)C)cc1. The molecule has 0 fully saturated rings. The lowest BCUT2D eigenvalue weighted by Gasteiger charge is -2.18. The number of fused-ring (bicyclic) bond motifs is 1. The van der Waals surface area contributed by atoms with E-state index < -0.39 is 11.1 Å². The van der Waals surface area contributed by atoms with Gasteiger partial charge in [0.15, 0.2) is 5.75 Å². The first-order valence-corrected chi connectivity index (χ1v) is 7.16. The van der Waals surface area contributed by atoms with Gasteiger partial charge in [-0.15, -0.1) is 0 Å². The van der Waals surface area contributed by atoms with Crippen LogP contribution in [0.15, 0.2) is 46.0 Å². The minimum absolute atomic E-state index is 0.516. The number of nitrogens with one attached hydrogen (secondary N) is 2. The number of aromatic amines is 2. The summed E-state index contributed by atoms with van der Waals surface area (Å²) in [4.78, 5) is 30.0. The van der Waals surface area contributed by atoms with Crippen LogP contribution >= 0.6 is 0 Å². The van der Waals surface area contributed by atoms with Crippen molar-refractivity contribution >= 4 is 16.7 Å². The number of ether oxygens (including phenoxy) is 1. The number of hydrogen-bond acceptors (Lipinski definition) is 4. The van der Waals surface area contributed by atoms with Gasteiger partial charge in [-0.1, -0.05) is 17.7 Å². The molecule has 0 bridgehead atoms. The van der Waals surface area contributed by atoms with Crippen molar-refractivity contribution in [1.82, 2.24) is 9.97 Å². The Balaban J connectivity index is 2.15. The van der Waals surface area contributed by atoms with E-state index in [4.69, 9.17) is 4.74 Å². The van der Waals surface area contributed by atoms with E-state index in [0.29, 0.717) is 22.5 Å². The highest BCUT2D eigenvalue weighted by Gasteiger charge is 2.11. The van der Waals surface area contributed by atoms with Crippen molar-refractivity contribution < 1.29 is 4.74 Å². The molecular formula is C17H17N3O3. The molecule has 0 atom stereocenters. The Morgan fingerprint density at radius 2 is 1.48 bits per heavy atom. The third-order valence-electron chi connectivity index (χ3n) is 3.53. The summed E-state index contributed by atoms with van der Waals surface area (Å²) in [5, 5.41) is 0. The normalized spacial score (nSPS) is 10.7. The van der Waals surface area contributed by atoms with E-state index in [1.165, 1.54) is 0 Å². The van der Waals surface area contributed by atoms with Crippen molar-refractivity contribution in [2.75, 3.05) is 19.0 Å². The number of hydrogen-bond donors (Lipinski definition) is 2. The summed E-state index contributed by atoms with van der Waals surface area (Å²) in [7, 11) is 3.76. The van der Waals surface area contributed by atoms with Crippen molar-refractivity contribution in [3.05, 3.63) is 62.7 Å². The molecule has 23 heavy (non-hydrogen) atoms. The van der Waals surface area contributed by atoms with Crippen LogP contribution in [0.2, 0.25) is 0 Å². The Bertz CT molecular complexity index is 969. The van der Waals surface area contributed by atoms with Gasteiger partial charge in [0, 0.05) is 20.2 Å². The van der Waals surface area contributed by atoms with Gasteiger partial charge in [0.05, 0.1) is 16.7 Å². The van der Waals surface area contributed by atoms with Crippen molar-refractivity contribution in [1.29, 1.82) is 0 Å². The van der Waals surface area contributed by atoms with Crippen LogP contribution in [0, 0.1) is 6.92 Å². The topological polar surface area (TPSA) is 78.2 Å². The van der Waals surface area contributed by atoms with Crippen LogP contribution in [0.1, 0.15) is 5.56 Å². The Kier molecular flexibility index (Phi) is 3.65. The van der Waals surface area contributed by atoms with Gasteiger partial charge in [-0.2, -0.15) is 0 Å². The standard InChI is InChI=1S/C17H17N3O3/c1-10-4-6-11(7-5-10)23-15-9-13-12(8-14(15)20(2)3)18-16(21)17(22)19-13/h4-9H,1-3H3,(H,18,21)(H,19,22). The van der Waals surface area contributed by atoms with Gasteiger partial charge in [-0.05, 0) is 25.1 Å². The lowest BCUT2D eigenvalue weighted by Crippen LogP contribution is -2.29. The number of rotatable bonds is 3. The molecule has 0 radical (unpaired) electrons. The Labute approximate surface area is 132 Å². The lowest BCUT2D eigenvalue weighted by molar-refractivity contribution is 0.483. The molecule has 2 N–H and O–H groups in total. The molecule has 3 rings (SSSR count). The van der Waals surface area contributed by atoms with E-state index in [1.54, 1.807) is 12.1 Å². The fraction of sp³-hybridized carbons (Fsp3) is 0.176. The average molecular weight is 311 g/mol. The molecule has 0 saturated carbocycles. The number of aromatic nitrogens is 2. The lowest BCUT2D eigenvalue weighted by atomic mass is 10.2. The number of benzene rings is 2. The summed E-state index contributed by atoms with van der Waals surface area (Å²) in [6, 6.07) is 11.2. The third kappa shape index (κ3) is 2.96. The van der Waals surface area contributed by atoms with E-state index >= 15 is 0 Å². The maximum atomic E-state index is 11.5. The van der Waals surface area contributed by atoms with Crippen molar-refractivity contribution in [3.63, 3.8) is 0 Å². The first-order valence-electron chi connectivity index (χ1n) is 7.16. The Morgan fingerprint density at radius 1 is 0.913 bits per heavy atom. The number of anilines is 1. The molecule has 0 aliphatic heterocycles. The van der Waals surface area contributed by atoms with Crippen LogP contribution in [0.5, 0.6) is 11.5 Å². The van der Waals surface area contributed by atoms with Gasteiger partial charge in [0.25, 0.3) is 0 Å². The van der Waals surface area contributed by atoms with Crippen LogP contribution in [0.4, 0.5) is 5.69 Å². The second-order valence-electron chi connectivity index (χ2n) is 5.58. The fourth-order valence-corrected chi connectivity index (χ4v) is 2.30. The molecule has 0 spiro atoms. The maximum absolute atomic E-state index is 11.5. The minimum Gasteiger partial charge on any atom is -0.455 e. The molecule has 0 aliphatic rings. The first-order chi connectivity index (χ1) is 10.9. The van der Waals surface area contributed by atoms with Crippen LogP contribution in [0.3, 0.4) is 0 Å². The zero-order valence-corrected chi connectivity index (χ0v) is 13.1. The monoisotopic (exact) mass is 311 g/mol. The highest BCUT2D eigenvalue weighted by molar-refractivity contribution is 5.82. The summed E-state index contributed by atoms with van der Waals surface area (Å²) in [6.45, 7) is 2.01. The molecule has 118 valence electrons. The zero-order valence-electron chi connectivity index (χ0n) is 13.1. The quantitative estimate of drug-likeness (QED) is 0.728. The minimum atomic E-state index is -0.684. The molecule has 0 unspecified atom stereocenters. The van der Waals surface area contributed by atoms with Crippen LogP contribution < -0.4 is 20.8 Å². The largest absolute Gasteiger partial charge is 0.455 e. The molecule has 0 amide bonds. The summed E-state index contributed by atoms with van der Waals surface area (Å²) in [6.07, 6.45) is 0. The van der Waals surface area contributed by atoms with E-state index in [9.17, 15) is 9.59 Å². The molecule has 6 heteroatoms. The third-order valence-corrected chi connectivity index (χ3v) is 3.53. The first kappa shape index (κ1) is 14.9. The van der Waals surface area contributed by atoms with Gasteiger partial charge in [-0.25, -0.2) is 0 Å². The maximum Gasteiger partial charge on any atom is 0.314 e. The second-order valence-corrected chi connectivity index (χ2v) is 5.58. The van der Waals surface area contributed by atoms with E-state index in [1.807, 2.05) is 50.2 Å². The number of nitrogens with zero attached hydrogens (tertiary/aromatic N) is 1. The summed E-state index contributed by atoms with van der Waals surface area (Å²) >= 11 is 0. The average Bonchev–Trinajstić information content (AvgIpc) is 2.50. The van der Waals surface area contributed by atoms with Crippen LogP contribution in [-0.4, -0.2) is 24.1 Å². The second kappa shape index (κ2) is 5.64. The predicted octanol–water partition coefficient (Wildman–Crippen LogP) is 2.38. The van der Waals surface area contributed by atoms with Gasteiger partial charge in [0.2, 0.25) is 0 Å². The molecular weight excluding hydrogens is 294 g/mol. The molecule has 3 aromatic rings. The molecule has 1 aromatic heterocycles. The summed E-state index contributed by atoms with van der Waals surface area (Å²) < 4.78 is 5.95. The Hall–Kier alpha value is -3.02. The molecule has 2 aromatic carbocycles. The van der Waals surface area contributed by atoms with E-state index in [0.717, 1.165) is 11.3 Å². The number of H-pyrrole nitrogens is 2. The molecule has 0 aliphatic carbocycles. The van der Waals surface area contributed by atoms with E-state index in [-0.39, 0.29) is 0 Å². The van der Waals surface area contributed by atoms with E-state index in [2.05, 4.69) is 9.97 Å². The van der Waals surface area contributed by atoms with Gasteiger partial charge in [-0.3, -0.25) is 9.59 Å². The van der Waals surface area contributed by atoms with Crippen LogP contribution in [0.25, 0.3) is 11.0 Å². The van der Waals surface area contributed by atoms with Crippen molar-refractivity contribution in [2.45, 2.75) is 6.92 Å². The van der Waals surface area contributed by atoms with Gasteiger partial charge >= 0.3 is 11.1 Å². The van der Waals surface area contributed by atoms with Crippen LogP contribution in [-0.2, 0) is 0 Å². The predicted molar refractivity (Wildman–Crippen MR) is 90.8 cm³/mol. The van der Waals surface area contributed by atoms with Crippen molar-refractivity contribution in [3.8, 4) is 11.5 Å². The number of aryl methyl sites for hydroxylation is 1. The van der Waals surface area contributed by atoms with Gasteiger partial charge in [0.1, 0.15) is 5.75 Å². The molecule has 0 saturated heterocycles. The smallest absolute Gasteiger partial charge is 0.314 e. The summed E-state index contributed by atoms with van der Waals surface area (Å²) in [5.41, 5.74) is 1.65. The molecule has 1 heterocycles. The van der Waals surface area contributed by atoms with Gasteiger partial charge < -0.3 is 19.6 Å². The highest BCUT2D eigenvalue weighted by atomic mass is 16.5. The fourth-order valence-electron chi connectivity index (χ4n) is 2.30.